The van der Waals surface area contributed by atoms with Gasteiger partial charge in [0.15, 0.2) is 5.78 Å². The van der Waals surface area contributed by atoms with Crippen LogP contribution in [0, 0.1) is 6.92 Å². The molecule has 0 radical (unpaired) electrons. The summed E-state index contributed by atoms with van der Waals surface area (Å²) in [5, 5.41) is 17.2. The summed E-state index contributed by atoms with van der Waals surface area (Å²) in [5.74, 6) is -3.11. The van der Waals surface area contributed by atoms with Gasteiger partial charge in [-0.1, -0.05) is 0 Å². The Morgan fingerprint density at radius 1 is 1.33 bits per heavy atom. The maximum Gasteiger partial charge on any atom is 0.371 e. The van der Waals surface area contributed by atoms with Crippen LogP contribution in [-0.4, -0.2) is 26.9 Å². The first-order valence-corrected chi connectivity index (χ1v) is 4.10. The van der Waals surface area contributed by atoms with Crippen molar-refractivity contribution in [2.45, 2.75) is 6.92 Å². The Balaban J connectivity index is 2.96. The van der Waals surface area contributed by atoms with Gasteiger partial charge < -0.3 is 10.2 Å². The van der Waals surface area contributed by atoms with E-state index in [2.05, 4.69) is 4.98 Å². The molecule has 0 aromatic carbocycles. The lowest BCUT2D eigenvalue weighted by atomic mass is 10.1. The third-order valence-electron chi connectivity index (χ3n) is 1.65. The van der Waals surface area contributed by atoms with Gasteiger partial charge in [0.2, 0.25) is 5.76 Å². The molecule has 0 unspecified atom stereocenters. The van der Waals surface area contributed by atoms with Crippen LogP contribution in [-0.2, 0) is 4.79 Å². The number of hydrogen-bond acceptors (Lipinski definition) is 4. The summed E-state index contributed by atoms with van der Waals surface area (Å²) in [5.41, 5.74) is 1.02. The minimum Gasteiger partial charge on any atom is -0.502 e. The van der Waals surface area contributed by atoms with E-state index in [9.17, 15) is 9.59 Å². The van der Waals surface area contributed by atoms with Gasteiger partial charge in [-0.15, -0.1) is 0 Å². The first-order chi connectivity index (χ1) is 7.00. The predicted molar refractivity (Wildman–Crippen MR) is 51.7 cm³/mol. The summed E-state index contributed by atoms with van der Waals surface area (Å²) >= 11 is 0. The minimum atomic E-state index is -1.54. The Hall–Kier alpha value is -2.17. The van der Waals surface area contributed by atoms with Gasteiger partial charge in [0.05, 0.1) is 0 Å². The van der Waals surface area contributed by atoms with Crippen molar-refractivity contribution >= 4 is 11.8 Å². The molecule has 0 aliphatic rings. The summed E-state index contributed by atoms with van der Waals surface area (Å²) in [6.07, 6.45) is 3.53. The molecule has 0 atom stereocenters. The second kappa shape index (κ2) is 4.36. The van der Waals surface area contributed by atoms with Crippen LogP contribution in [0.3, 0.4) is 0 Å². The number of carboxylic acids is 1. The first-order valence-electron chi connectivity index (χ1n) is 4.10. The Kier molecular flexibility index (Phi) is 3.17. The number of carbonyl (C=O) groups excluding carboxylic acids is 1. The fraction of sp³-hybridized carbons (Fsp3) is 0.100. The van der Waals surface area contributed by atoms with Crippen LogP contribution in [0.2, 0.25) is 0 Å². The number of aryl methyl sites for hydroxylation is 1. The zero-order valence-electron chi connectivity index (χ0n) is 7.97. The summed E-state index contributed by atoms with van der Waals surface area (Å²) < 4.78 is 0. The number of carbonyl (C=O) groups is 2. The highest BCUT2D eigenvalue weighted by atomic mass is 16.4. The fourth-order valence-corrected chi connectivity index (χ4v) is 0.959. The summed E-state index contributed by atoms with van der Waals surface area (Å²) in [6, 6.07) is 1.56. The summed E-state index contributed by atoms with van der Waals surface area (Å²) in [7, 11) is 0. The standard InChI is InChI=1S/C10H9NO4/c1-6-2-7(5-11-4-6)8(12)3-9(13)10(14)15/h2-5,13H,1H3,(H,14,15)/b9-3-. The number of rotatable bonds is 3. The molecule has 0 amide bonds. The second-order valence-corrected chi connectivity index (χ2v) is 2.95. The van der Waals surface area contributed by atoms with E-state index < -0.39 is 17.5 Å². The molecule has 0 aliphatic carbocycles. The van der Waals surface area contributed by atoms with Crippen LogP contribution in [0.4, 0.5) is 0 Å². The van der Waals surface area contributed by atoms with Crippen LogP contribution >= 0.6 is 0 Å². The second-order valence-electron chi connectivity index (χ2n) is 2.95. The van der Waals surface area contributed by atoms with E-state index in [0.717, 1.165) is 5.56 Å². The highest BCUT2D eigenvalue weighted by Crippen LogP contribution is 2.04. The Bertz CT molecular complexity index is 437. The van der Waals surface area contributed by atoms with E-state index >= 15 is 0 Å². The number of aliphatic carboxylic acids is 1. The molecule has 5 heteroatoms. The van der Waals surface area contributed by atoms with Crippen molar-refractivity contribution in [2.24, 2.45) is 0 Å². The third-order valence-corrected chi connectivity index (χ3v) is 1.65. The Labute approximate surface area is 85.7 Å². The third kappa shape index (κ3) is 2.91. The van der Waals surface area contributed by atoms with E-state index in [1.807, 2.05) is 0 Å². The normalized spacial score (nSPS) is 11.1. The Morgan fingerprint density at radius 2 is 2.00 bits per heavy atom. The van der Waals surface area contributed by atoms with E-state index in [1.54, 1.807) is 19.2 Å². The van der Waals surface area contributed by atoms with Crippen LogP contribution in [0.25, 0.3) is 0 Å². The smallest absolute Gasteiger partial charge is 0.371 e. The number of allylic oxidation sites excluding steroid dienone is 1. The van der Waals surface area contributed by atoms with Gasteiger partial charge >= 0.3 is 5.97 Å². The quantitative estimate of drug-likeness (QED) is 0.440. The lowest BCUT2D eigenvalue weighted by molar-refractivity contribution is -0.135. The number of pyridine rings is 1. The highest BCUT2D eigenvalue weighted by molar-refractivity contribution is 6.07. The van der Waals surface area contributed by atoms with Crippen molar-refractivity contribution in [1.29, 1.82) is 0 Å². The van der Waals surface area contributed by atoms with Crippen LogP contribution in [0.5, 0.6) is 0 Å². The largest absolute Gasteiger partial charge is 0.502 e. The van der Waals surface area contributed by atoms with Crippen molar-refractivity contribution in [3.8, 4) is 0 Å². The fourth-order valence-electron chi connectivity index (χ4n) is 0.959. The van der Waals surface area contributed by atoms with Crippen LogP contribution in [0.1, 0.15) is 15.9 Å². The number of aliphatic hydroxyl groups is 1. The molecule has 0 aliphatic heterocycles. The molecule has 0 bridgehead atoms. The number of nitrogens with zero attached hydrogens (tertiary/aromatic N) is 1. The number of aromatic nitrogens is 1. The molecule has 0 fully saturated rings. The van der Waals surface area contributed by atoms with Gasteiger partial charge in [-0.25, -0.2) is 4.79 Å². The zero-order chi connectivity index (χ0) is 11.4. The van der Waals surface area contributed by atoms with Gasteiger partial charge in [0.1, 0.15) is 0 Å². The van der Waals surface area contributed by atoms with Gasteiger partial charge in [0, 0.05) is 24.0 Å². The van der Waals surface area contributed by atoms with Crippen molar-refractivity contribution in [1.82, 2.24) is 4.98 Å². The lowest BCUT2D eigenvalue weighted by Gasteiger charge is -1.97. The van der Waals surface area contributed by atoms with E-state index in [-0.39, 0.29) is 5.56 Å². The van der Waals surface area contributed by atoms with Gasteiger partial charge in [0.25, 0.3) is 0 Å². The van der Waals surface area contributed by atoms with Crippen LogP contribution < -0.4 is 0 Å². The monoisotopic (exact) mass is 207 g/mol. The molecule has 0 saturated heterocycles. The molecule has 1 aromatic rings. The van der Waals surface area contributed by atoms with Crippen molar-refractivity contribution in [3.63, 3.8) is 0 Å². The molecule has 1 aromatic heterocycles. The average Bonchev–Trinajstić information content (AvgIpc) is 2.17. The highest BCUT2D eigenvalue weighted by Gasteiger charge is 2.09. The average molecular weight is 207 g/mol. The zero-order valence-corrected chi connectivity index (χ0v) is 7.97. The molecule has 5 nitrogen and oxygen atoms in total. The maximum absolute atomic E-state index is 11.4. The van der Waals surface area contributed by atoms with E-state index in [1.165, 1.54) is 6.20 Å². The molecule has 1 heterocycles. The van der Waals surface area contributed by atoms with Crippen molar-refractivity contribution < 1.29 is 19.8 Å². The number of carboxylic acid groups (broad SMARTS) is 1. The van der Waals surface area contributed by atoms with Gasteiger partial charge in [-0.3, -0.25) is 9.78 Å². The number of aliphatic hydroxyl groups excluding tert-OH is 1. The molecule has 78 valence electrons. The lowest BCUT2D eigenvalue weighted by Crippen LogP contribution is -2.04. The molecule has 1 rings (SSSR count). The van der Waals surface area contributed by atoms with E-state index in [0.29, 0.717) is 6.08 Å². The minimum absolute atomic E-state index is 0.239. The topological polar surface area (TPSA) is 87.5 Å². The van der Waals surface area contributed by atoms with Gasteiger partial charge in [-0.05, 0) is 18.6 Å². The molecular formula is C10H9NO4. The summed E-state index contributed by atoms with van der Waals surface area (Å²) in [6.45, 7) is 1.75. The van der Waals surface area contributed by atoms with Crippen molar-refractivity contribution in [2.75, 3.05) is 0 Å². The molecular weight excluding hydrogens is 198 g/mol. The van der Waals surface area contributed by atoms with Gasteiger partial charge in [-0.2, -0.15) is 0 Å². The molecule has 2 N–H and O–H groups in total. The molecule has 0 saturated carbocycles. The number of ketones is 1. The van der Waals surface area contributed by atoms with E-state index in [4.69, 9.17) is 10.2 Å². The van der Waals surface area contributed by atoms with Crippen molar-refractivity contribution in [3.05, 3.63) is 41.4 Å². The SMILES string of the molecule is Cc1cncc(C(=O)/C=C(\O)C(=O)O)c1. The van der Waals surface area contributed by atoms with Crippen LogP contribution in [0.15, 0.2) is 30.3 Å². The summed E-state index contributed by atoms with van der Waals surface area (Å²) in [4.78, 5) is 25.4. The predicted octanol–water partition coefficient (Wildman–Crippen LogP) is 1.10. The molecule has 0 spiro atoms. The maximum atomic E-state index is 11.4. The molecule has 15 heavy (non-hydrogen) atoms. The Morgan fingerprint density at radius 3 is 2.53 bits per heavy atom. The first kappa shape index (κ1) is 10.9. The number of hydrogen-bond donors (Lipinski definition) is 2.